The molecule has 200 valence electrons. The number of nitrogens with zero attached hydrogens (tertiary/aromatic N) is 1. The van der Waals surface area contributed by atoms with Crippen LogP contribution in [-0.2, 0) is 17.5 Å². The summed E-state index contributed by atoms with van der Waals surface area (Å²) in [6, 6.07) is 9.75. The van der Waals surface area contributed by atoms with E-state index in [2.05, 4.69) is 26.5 Å². The van der Waals surface area contributed by atoms with Crippen molar-refractivity contribution in [1.82, 2.24) is 21.2 Å². The van der Waals surface area contributed by atoms with Crippen LogP contribution in [0.25, 0.3) is 0 Å². The van der Waals surface area contributed by atoms with E-state index in [0.717, 1.165) is 41.2 Å². The number of benzene rings is 1. The second kappa shape index (κ2) is 12.3. The molecule has 0 saturated carbocycles. The van der Waals surface area contributed by atoms with Crippen molar-refractivity contribution < 1.29 is 27.6 Å². The number of rotatable bonds is 9. The Bertz CT molecular complexity index is 1320. The molecule has 38 heavy (non-hydrogen) atoms. The molecule has 9 nitrogen and oxygen atoms in total. The van der Waals surface area contributed by atoms with Crippen LogP contribution in [0.4, 0.5) is 18.9 Å². The monoisotopic (exact) mass is 546 g/mol. The first-order valence-corrected chi connectivity index (χ1v) is 12.1. The van der Waals surface area contributed by atoms with Crippen LogP contribution in [0.5, 0.6) is 0 Å². The Hall–Kier alpha value is -4.23. The number of pyridine rings is 1. The summed E-state index contributed by atoms with van der Waals surface area (Å²) in [6.07, 6.45) is -1.26. The van der Waals surface area contributed by atoms with E-state index in [1.807, 2.05) is 0 Å². The Balaban J connectivity index is 1.60. The van der Waals surface area contributed by atoms with E-state index in [-0.39, 0.29) is 27.7 Å². The highest BCUT2D eigenvalue weighted by atomic mass is 32.1. The topological polar surface area (TPSA) is 138 Å². The second-order valence-corrected chi connectivity index (χ2v) is 9.22. The van der Waals surface area contributed by atoms with Gasteiger partial charge in [0.05, 0.1) is 20.9 Å². The Labute approximate surface area is 220 Å². The van der Waals surface area contributed by atoms with E-state index in [4.69, 9.17) is 5.73 Å². The number of allylic oxidation sites excluding steroid dienone is 1. The molecule has 0 saturated heterocycles. The Morgan fingerprint density at radius 2 is 1.55 bits per heavy atom. The maximum Gasteiger partial charge on any atom is 0.416 e. The van der Waals surface area contributed by atoms with E-state index < -0.39 is 29.6 Å². The van der Waals surface area contributed by atoms with Gasteiger partial charge in [0.1, 0.15) is 0 Å². The summed E-state index contributed by atoms with van der Waals surface area (Å²) in [6.45, 7) is 3.36. The molecule has 2 aromatic heterocycles. The lowest BCUT2D eigenvalue weighted by atomic mass is 10.1. The third-order valence-corrected chi connectivity index (χ3v) is 6.28. The van der Waals surface area contributed by atoms with Gasteiger partial charge in [0.2, 0.25) is 0 Å². The first-order valence-electron chi connectivity index (χ1n) is 11.2. The van der Waals surface area contributed by atoms with Gasteiger partial charge in [-0.15, -0.1) is 11.3 Å². The van der Waals surface area contributed by atoms with Crippen LogP contribution in [0, 0.1) is 0 Å². The lowest BCUT2D eigenvalue weighted by Crippen LogP contribution is -2.39. The fourth-order valence-electron chi connectivity index (χ4n) is 3.29. The van der Waals surface area contributed by atoms with Crippen molar-refractivity contribution in [3.63, 3.8) is 0 Å². The van der Waals surface area contributed by atoms with E-state index >= 15 is 0 Å². The van der Waals surface area contributed by atoms with Crippen LogP contribution in [0.15, 0.2) is 72.2 Å². The fourth-order valence-corrected chi connectivity index (χ4v) is 4.11. The average Bonchev–Trinajstić information content (AvgIpc) is 3.37. The molecule has 1 unspecified atom stereocenters. The number of hydrazine groups is 1. The normalized spacial score (nSPS) is 12.7. The maximum atomic E-state index is 12.8. The molecule has 6 N–H and O–H groups in total. The smallest absolute Gasteiger partial charge is 0.347 e. The molecular formula is C25H25F3N6O3S. The summed E-state index contributed by atoms with van der Waals surface area (Å²) in [5, 5.41) is 5.26. The third-order valence-electron chi connectivity index (χ3n) is 5.19. The van der Waals surface area contributed by atoms with Crippen LogP contribution in [0.2, 0.25) is 0 Å². The van der Waals surface area contributed by atoms with Gasteiger partial charge in [-0.25, -0.2) is 0 Å². The summed E-state index contributed by atoms with van der Waals surface area (Å²) in [4.78, 5) is 42.2. The van der Waals surface area contributed by atoms with Gasteiger partial charge in [-0.2, -0.15) is 13.2 Å². The zero-order valence-corrected chi connectivity index (χ0v) is 21.2. The van der Waals surface area contributed by atoms with Gasteiger partial charge in [-0.05, 0) is 67.9 Å². The summed E-state index contributed by atoms with van der Waals surface area (Å²) in [5.41, 5.74) is 11.5. The van der Waals surface area contributed by atoms with E-state index in [9.17, 15) is 27.6 Å². The first kappa shape index (κ1) is 28.3. The van der Waals surface area contributed by atoms with Gasteiger partial charge in [-0.3, -0.25) is 24.8 Å². The summed E-state index contributed by atoms with van der Waals surface area (Å²) in [5.74, 6) is -1.54. The average molecular weight is 547 g/mol. The van der Waals surface area contributed by atoms with E-state index in [1.165, 1.54) is 19.1 Å². The highest BCUT2D eigenvalue weighted by molar-refractivity contribution is 7.15. The van der Waals surface area contributed by atoms with Crippen LogP contribution >= 0.6 is 11.3 Å². The van der Waals surface area contributed by atoms with Crippen molar-refractivity contribution in [3.8, 4) is 0 Å². The number of aromatic nitrogens is 1. The largest absolute Gasteiger partial charge is 0.416 e. The lowest BCUT2D eigenvalue weighted by Gasteiger charge is -2.17. The summed E-state index contributed by atoms with van der Waals surface area (Å²) in [7, 11) is 0. The predicted octanol–water partition coefficient (Wildman–Crippen LogP) is 3.59. The summed E-state index contributed by atoms with van der Waals surface area (Å²) >= 11 is 0.985. The number of thiophene rings is 1. The molecule has 3 aromatic rings. The number of halogens is 3. The van der Waals surface area contributed by atoms with Gasteiger partial charge < -0.3 is 21.8 Å². The number of anilines is 1. The standard InChI is InChI=1S/C25H25F3N6O3S/c1-14(29)21(24(37)32-18-5-3-17(4-6-18)25(26,27)28)15(2)33-34-23(36)20-8-7-19(38-20)22(35)31-13-16-9-11-30-12-10-16/h3-12,14,33H,13,29H2,1-2H3,(H,31,35)(H,32,37)(H,34,36)/b21-15-. The minimum absolute atomic E-state index is 0.0764. The first-order chi connectivity index (χ1) is 18.0. The van der Waals surface area contributed by atoms with Crippen LogP contribution < -0.4 is 27.2 Å². The van der Waals surface area contributed by atoms with Gasteiger partial charge in [0, 0.05) is 36.4 Å². The molecule has 2 heterocycles. The fraction of sp³-hybridized carbons (Fsp3) is 0.200. The third kappa shape index (κ3) is 7.63. The van der Waals surface area contributed by atoms with Gasteiger partial charge in [0.25, 0.3) is 17.7 Å². The minimum Gasteiger partial charge on any atom is -0.347 e. The van der Waals surface area contributed by atoms with Crippen molar-refractivity contribution in [2.75, 3.05) is 5.32 Å². The number of carbonyl (C=O) groups excluding carboxylic acids is 3. The van der Waals surface area contributed by atoms with Gasteiger partial charge in [-0.1, -0.05) is 0 Å². The number of hydrogen-bond acceptors (Lipinski definition) is 7. The van der Waals surface area contributed by atoms with Gasteiger partial charge in [0.15, 0.2) is 0 Å². The number of carbonyl (C=O) groups is 3. The molecule has 1 atom stereocenters. The molecule has 1 aromatic carbocycles. The second-order valence-electron chi connectivity index (χ2n) is 8.14. The van der Waals surface area contributed by atoms with Crippen molar-refractivity contribution in [2.24, 2.45) is 5.73 Å². The van der Waals surface area contributed by atoms with Crippen molar-refractivity contribution in [1.29, 1.82) is 0 Å². The molecule has 0 spiro atoms. The number of hydrogen-bond donors (Lipinski definition) is 5. The molecule has 3 rings (SSSR count). The number of alkyl halides is 3. The zero-order valence-electron chi connectivity index (χ0n) is 20.3. The van der Waals surface area contributed by atoms with E-state index in [1.54, 1.807) is 31.5 Å². The maximum absolute atomic E-state index is 12.8. The molecule has 0 aliphatic carbocycles. The highest BCUT2D eigenvalue weighted by Gasteiger charge is 2.30. The van der Waals surface area contributed by atoms with Crippen LogP contribution in [0.1, 0.15) is 44.3 Å². The van der Waals surface area contributed by atoms with Crippen LogP contribution in [0.3, 0.4) is 0 Å². The highest BCUT2D eigenvalue weighted by Crippen LogP contribution is 2.30. The van der Waals surface area contributed by atoms with Crippen molar-refractivity contribution >= 4 is 34.7 Å². The van der Waals surface area contributed by atoms with Crippen LogP contribution in [-0.4, -0.2) is 28.7 Å². The molecule has 0 aliphatic rings. The van der Waals surface area contributed by atoms with Crippen molar-refractivity contribution in [3.05, 3.63) is 93.1 Å². The molecule has 3 amide bonds. The molecule has 13 heteroatoms. The molecule has 0 aliphatic heterocycles. The zero-order chi connectivity index (χ0) is 27.9. The quantitative estimate of drug-likeness (QED) is 0.205. The Kier molecular flexibility index (Phi) is 9.20. The number of nitrogens with one attached hydrogen (secondary N) is 4. The van der Waals surface area contributed by atoms with Gasteiger partial charge >= 0.3 is 6.18 Å². The minimum atomic E-state index is -4.49. The Morgan fingerprint density at radius 3 is 2.13 bits per heavy atom. The number of amides is 3. The summed E-state index contributed by atoms with van der Waals surface area (Å²) < 4.78 is 38.3. The van der Waals surface area contributed by atoms with E-state index in [0.29, 0.717) is 11.4 Å². The SMILES string of the molecule is C/C(NNC(=O)c1ccc(C(=O)NCc2ccncc2)s1)=C(/C(=O)Nc1ccc(C(F)(F)F)cc1)C(C)N. The molecule has 0 fully saturated rings. The molecular weight excluding hydrogens is 521 g/mol. The van der Waals surface area contributed by atoms with Crippen molar-refractivity contribution in [2.45, 2.75) is 32.6 Å². The molecule has 0 radical (unpaired) electrons. The Morgan fingerprint density at radius 1 is 0.947 bits per heavy atom. The number of nitrogens with two attached hydrogens (primary N) is 1. The predicted molar refractivity (Wildman–Crippen MR) is 137 cm³/mol. The molecule has 0 bridgehead atoms. The lowest BCUT2D eigenvalue weighted by molar-refractivity contribution is -0.137.